The maximum atomic E-state index is 12.8. The molecule has 0 heterocycles. The molecule has 0 aliphatic heterocycles. The minimum atomic E-state index is -0.340. The number of rotatable bonds is 2. The van der Waals surface area contributed by atoms with Gasteiger partial charge in [-0.25, -0.2) is 4.39 Å². The van der Waals surface area contributed by atoms with E-state index in [1.807, 2.05) is 6.07 Å². The van der Waals surface area contributed by atoms with Crippen LogP contribution in [0.3, 0.4) is 0 Å². The summed E-state index contributed by atoms with van der Waals surface area (Å²) in [5, 5.41) is 2.87. The van der Waals surface area contributed by atoms with Crippen LogP contribution in [0.25, 0.3) is 0 Å². The van der Waals surface area contributed by atoms with Crippen LogP contribution in [0.4, 0.5) is 10.1 Å². The predicted molar refractivity (Wildman–Crippen MR) is 77.5 cm³/mol. The lowest BCUT2D eigenvalue weighted by atomic mass is 10.0. The van der Waals surface area contributed by atoms with E-state index >= 15 is 0 Å². The first-order chi connectivity index (χ1) is 9.63. The first-order valence-corrected chi connectivity index (χ1v) is 6.83. The van der Waals surface area contributed by atoms with Crippen LogP contribution in [0.5, 0.6) is 0 Å². The van der Waals surface area contributed by atoms with Crippen molar-refractivity contribution in [2.24, 2.45) is 0 Å². The molecule has 20 heavy (non-hydrogen) atoms. The van der Waals surface area contributed by atoms with Gasteiger partial charge in [-0.1, -0.05) is 13.0 Å². The van der Waals surface area contributed by atoms with Gasteiger partial charge in [0.05, 0.1) is 0 Å². The number of carbonyl (C=O) groups excluding carboxylic acids is 1. The number of halogens is 1. The van der Waals surface area contributed by atoms with Gasteiger partial charge in [-0.15, -0.1) is 0 Å². The van der Waals surface area contributed by atoms with E-state index in [2.05, 4.69) is 24.4 Å². The van der Waals surface area contributed by atoms with E-state index in [0.717, 1.165) is 12.1 Å². The lowest BCUT2D eigenvalue weighted by Gasteiger charge is -2.09. The van der Waals surface area contributed by atoms with Crippen LogP contribution in [0, 0.1) is 5.82 Å². The van der Waals surface area contributed by atoms with Crippen molar-refractivity contribution < 1.29 is 9.18 Å². The lowest BCUT2D eigenvalue weighted by molar-refractivity contribution is 0.102. The van der Waals surface area contributed by atoms with Crippen LogP contribution in [-0.4, -0.2) is 5.91 Å². The smallest absolute Gasteiger partial charge is 0.255 e. The number of benzene rings is 2. The molecule has 1 unspecified atom stereocenters. The Morgan fingerprint density at radius 1 is 1.20 bits per heavy atom. The van der Waals surface area contributed by atoms with E-state index < -0.39 is 0 Å². The Hall–Kier alpha value is -2.16. The molecule has 2 aromatic rings. The van der Waals surface area contributed by atoms with Crippen LogP contribution in [0.2, 0.25) is 0 Å². The van der Waals surface area contributed by atoms with Crippen LogP contribution >= 0.6 is 0 Å². The van der Waals surface area contributed by atoms with Crippen LogP contribution in [0.1, 0.15) is 40.7 Å². The highest BCUT2D eigenvalue weighted by Crippen LogP contribution is 2.34. The molecule has 1 aliphatic rings. The normalized spacial score (nSPS) is 16.8. The van der Waals surface area contributed by atoms with E-state index in [-0.39, 0.29) is 11.7 Å². The predicted octanol–water partition coefficient (Wildman–Crippen LogP) is 4.13. The number of fused-ring (bicyclic) bond motifs is 1. The van der Waals surface area contributed by atoms with Gasteiger partial charge in [0, 0.05) is 11.3 Å². The maximum Gasteiger partial charge on any atom is 0.255 e. The zero-order valence-electron chi connectivity index (χ0n) is 11.3. The van der Waals surface area contributed by atoms with Crippen molar-refractivity contribution in [2.75, 3.05) is 5.32 Å². The van der Waals surface area contributed by atoms with Gasteiger partial charge in [-0.3, -0.25) is 4.79 Å². The average Bonchev–Trinajstić information content (AvgIpc) is 2.81. The van der Waals surface area contributed by atoms with Gasteiger partial charge < -0.3 is 5.32 Å². The molecule has 2 nitrogen and oxygen atoms in total. The Morgan fingerprint density at radius 3 is 2.70 bits per heavy atom. The SMILES string of the molecule is CC1CCc2ccc(NC(=O)c3ccc(F)cc3)cc21. The van der Waals surface area contributed by atoms with Gasteiger partial charge in [0.1, 0.15) is 5.82 Å². The van der Waals surface area contributed by atoms with Crippen molar-refractivity contribution in [3.8, 4) is 0 Å². The summed E-state index contributed by atoms with van der Waals surface area (Å²) in [4.78, 5) is 12.1. The molecule has 3 heteroatoms. The van der Waals surface area contributed by atoms with Gasteiger partial charge in [0.25, 0.3) is 5.91 Å². The van der Waals surface area contributed by atoms with Gasteiger partial charge in [-0.2, -0.15) is 0 Å². The molecular weight excluding hydrogens is 253 g/mol. The fraction of sp³-hybridized carbons (Fsp3) is 0.235. The van der Waals surface area contributed by atoms with Crippen LogP contribution in [-0.2, 0) is 6.42 Å². The third kappa shape index (κ3) is 2.44. The van der Waals surface area contributed by atoms with Gasteiger partial charge in [0.2, 0.25) is 0 Å². The fourth-order valence-electron chi connectivity index (χ4n) is 2.69. The lowest BCUT2D eigenvalue weighted by Crippen LogP contribution is -2.12. The van der Waals surface area contributed by atoms with Crippen molar-refractivity contribution >= 4 is 11.6 Å². The Morgan fingerprint density at radius 2 is 1.95 bits per heavy atom. The molecule has 0 saturated carbocycles. The standard InChI is InChI=1S/C17H16FNO/c1-11-2-3-12-6-9-15(10-16(11)12)19-17(20)13-4-7-14(18)8-5-13/h4-11H,2-3H2,1H3,(H,19,20). The van der Waals surface area contributed by atoms with Crippen molar-refractivity contribution in [3.05, 3.63) is 65.0 Å². The molecule has 0 bridgehead atoms. The number of anilines is 1. The van der Waals surface area contributed by atoms with E-state index in [1.54, 1.807) is 0 Å². The topological polar surface area (TPSA) is 29.1 Å². The van der Waals surface area contributed by atoms with Crippen molar-refractivity contribution in [1.82, 2.24) is 0 Å². The van der Waals surface area contributed by atoms with Crippen molar-refractivity contribution in [3.63, 3.8) is 0 Å². The molecule has 0 radical (unpaired) electrons. The highest BCUT2D eigenvalue weighted by atomic mass is 19.1. The van der Waals surface area contributed by atoms with Crippen molar-refractivity contribution in [2.45, 2.75) is 25.7 Å². The van der Waals surface area contributed by atoms with Gasteiger partial charge in [0.15, 0.2) is 0 Å². The van der Waals surface area contributed by atoms with E-state index in [0.29, 0.717) is 11.5 Å². The van der Waals surface area contributed by atoms with Gasteiger partial charge >= 0.3 is 0 Å². The molecule has 1 amide bonds. The molecule has 0 saturated heterocycles. The highest BCUT2D eigenvalue weighted by molar-refractivity contribution is 6.04. The minimum Gasteiger partial charge on any atom is -0.322 e. The second kappa shape index (κ2) is 5.08. The molecule has 0 fully saturated rings. The first kappa shape index (κ1) is 12.9. The molecule has 1 aliphatic carbocycles. The van der Waals surface area contributed by atoms with Crippen LogP contribution in [0.15, 0.2) is 42.5 Å². The summed E-state index contributed by atoms with van der Waals surface area (Å²) < 4.78 is 12.8. The quantitative estimate of drug-likeness (QED) is 0.872. The Labute approximate surface area is 117 Å². The minimum absolute atomic E-state index is 0.212. The fourth-order valence-corrected chi connectivity index (χ4v) is 2.69. The van der Waals surface area contributed by atoms with E-state index in [1.165, 1.54) is 41.8 Å². The number of carbonyl (C=O) groups is 1. The van der Waals surface area contributed by atoms with Crippen molar-refractivity contribution in [1.29, 1.82) is 0 Å². The highest BCUT2D eigenvalue weighted by Gasteiger charge is 2.19. The third-order valence-electron chi connectivity index (χ3n) is 3.89. The Balaban J connectivity index is 1.79. The molecule has 3 rings (SSSR count). The Kier molecular flexibility index (Phi) is 3.26. The summed E-state index contributed by atoms with van der Waals surface area (Å²) in [6.07, 6.45) is 2.29. The molecule has 2 aromatic carbocycles. The van der Waals surface area contributed by atoms with E-state index in [9.17, 15) is 9.18 Å². The summed E-state index contributed by atoms with van der Waals surface area (Å²) in [7, 11) is 0. The summed E-state index contributed by atoms with van der Waals surface area (Å²) >= 11 is 0. The maximum absolute atomic E-state index is 12.8. The monoisotopic (exact) mass is 269 g/mol. The number of amides is 1. The second-order valence-electron chi connectivity index (χ2n) is 5.31. The molecule has 102 valence electrons. The summed E-state index contributed by atoms with van der Waals surface area (Å²) in [6, 6.07) is 11.6. The molecule has 0 aromatic heterocycles. The number of nitrogens with one attached hydrogen (secondary N) is 1. The van der Waals surface area contributed by atoms with E-state index in [4.69, 9.17) is 0 Å². The molecule has 1 N–H and O–H groups in total. The Bertz CT molecular complexity index is 649. The zero-order chi connectivity index (χ0) is 14.1. The second-order valence-corrected chi connectivity index (χ2v) is 5.31. The largest absolute Gasteiger partial charge is 0.322 e. The van der Waals surface area contributed by atoms with Crippen LogP contribution < -0.4 is 5.32 Å². The molecule has 0 spiro atoms. The summed E-state index contributed by atoms with van der Waals surface area (Å²) in [5.41, 5.74) is 3.95. The number of aryl methyl sites for hydroxylation is 1. The number of hydrogen-bond acceptors (Lipinski definition) is 1. The first-order valence-electron chi connectivity index (χ1n) is 6.83. The molecule has 1 atom stereocenters. The number of hydrogen-bond donors (Lipinski definition) is 1. The summed E-state index contributed by atoms with van der Waals surface area (Å²) in [6.45, 7) is 2.21. The summed E-state index contributed by atoms with van der Waals surface area (Å²) in [5.74, 6) is -0.00354. The molecular formula is C17H16FNO. The van der Waals surface area contributed by atoms with Gasteiger partial charge in [-0.05, 0) is 66.3 Å². The zero-order valence-corrected chi connectivity index (χ0v) is 11.3. The average molecular weight is 269 g/mol. The third-order valence-corrected chi connectivity index (χ3v) is 3.89.